The number of amides is 2. The highest BCUT2D eigenvalue weighted by molar-refractivity contribution is 5.98. The van der Waals surface area contributed by atoms with Gasteiger partial charge >= 0.3 is 6.18 Å². The average molecular weight is 302 g/mol. The molecule has 116 valence electrons. The van der Waals surface area contributed by atoms with Crippen LogP contribution in [0.5, 0.6) is 0 Å². The van der Waals surface area contributed by atoms with Gasteiger partial charge in [-0.15, -0.1) is 0 Å². The number of nitrogens with one attached hydrogen (secondary N) is 1. The molecule has 21 heavy (non-hydrogen) atoms. The van der Waals surface area contributed by atoms with Crippen molar-refractivity contribution in [1.82, 2.24) is 5.32 Å². The minimum absolute atomic E-state index is 0.297. The zero-order valence-electron chi connectivity index (χ0n) is 11.5. The van der Waals surface area contributed by atoms with Gasteiger partial charge in [-0.3, -0.25) is 9.59 Å². The number of halogens is 3. The van der Waals surface area contributed by atoms with Gasteiger partial charge in [0.1, 0.15) is 6.04 Å². The zero-order valence-corrected chi connectivity index (χ0v) is 11.5. The molecule has 0 saturated heterocycles. The molecule has 0 spiro atoms. The molecule has 1 aromatic carbocycles. The normalized spacial score (nSPS) is 12.8. The standard InChI is InChI=1S/C14H17F3N2O2/c1-2-3-8-11(12(18)20)19-13(21)9-6-4-5-7-10(9)14(15,16)17/h4-7,11H,2-3,8H2,1H3,(H2,18,20)(H,19,21)/t11-/m1/s1. The van der Waals surface area contributed by atoms with Gasteiger partial charge in [0, 0.05) is 0 Å². The van der Waals surface area contributed by atoms with Gasteiger partial charge in [0.15, 0.2) is 0 Å². The van der Waals surface area contributed by atoms with Crippen molar-refractivity contribution in [2.24, 2.45) is 5.73 Å². The maximum atomic E-state index is 12.8. The van der Waals surface area contributed by atoms with Crippen molar-refractivity contribution in [2.45, 2.75) is 38.4 Å². The Balaban J connectivity index is 2.96. The van der Waals surface area contributed by atoms with Crippen molar-refractivity contribution >= 4 is 11.8 Å². The number of rotatable bonds is 6. The molecule has 0 heterocycles. The molecule has 0 unspecified atom stereocenters. The number of benzene rings is 1. The molecule has 3 N–H and O–H groups in total. The van der Waals surface area contributed by atoms with Crippen LogP contribution in [0.25, 0.3) is 0 Å². The lowest BCUT2D eigenvalue weighted by Gasteiger charge is -2.17. The van der Waals surface area contributed by atoms with Crippen LogP contribution >= 0.6 is 0 Å². The summed E-state index contributed by atoms with van der Waals surface area (Å²) >= 11 is 0. The van der Waals surface area contributed by atoms with Crippen LogP contribution in [0, 0.1) is 0 Å². The summed E-state index contributed by atoms with van der Waals surface area (Å²) in [5.74, 6) is -1.72. The van der Waals surface area contributed by atoms with Crippen LogP contribution in [0.2, 0.25) is 0 Å². The summed E-state index contributed by atoms with van der Waals surface area (Å²) in [7, 11) is 0. The lowest BCUT2D eigenvalue weighted by atomic mass is 10.0. The summed E-state index contributed by atoms with van der Waals surface area (Å²) < 4.78 is 38.5. The van der Waals surface area contributed by atoms with Gasteiger partial charge in [-0.2, -0.15) is 13.2 Å². The van der Waals surface area contributed by atoms with Crippen LogP contribution in [0.15, 0.2) is 24.3 Å². The number of hydrogen-bond acceptors (Lipinski definition) is 2. The molecular formula is C14H17F3N2O2. The predicted molar refractivity (Wildman–Crippen MR) is 71.4 cm³/mol. The molecule has 0 fully saturated rings. The summed E-state index contributed by atoms with van der Waals surface area (Å²) in [5.41, 5.74) is 3.59. The largest absolute Gasteiger partial charge is 0.417 e. The fourth-order valence-corrected chi connectivity index (χ4v) is 1.86. The molecule has 0 saturated carbocycles. The van der Waals surface area contributed by atoms with Gasteiger partial charge in [0.2, 0.25) is 5.91 Å². The van der Waals surface area contributed by atoms with E-state index >= 15 is 0 Å². The van der Waals surface area contributed by atoms with Crippen molar-refractivity contribution in [3.63, 3.8) is 0 Å². The summed E-state index contributed by atoms with van der Waals surface area (Å²) in [5, 5.41) is 2.27. The Morgan fingerprint density at radius 2 is 1.90 bits per heavy atom. The second-order valence-electron chi connectivity index (χ2n) is 4.61. The summed E-state index contributed by atoms with van der Waals surface area (Å²) in [6, 6.07) is 3.44. The highest BCUT2D eigenvalue weighted by Gasteiger charge is 2.35. The molecule has 4 nitrogen and oxygen atoms in total. The zero-order chi connectivity index (χ0) is 16.0. The second kappa shape index (κ2) is 7.10. The topological polar surface area (TPSA) is 72.2 Å². The monoisotopic (exact) mass is 302 g/mol. The fraction of sp³-hybridized carbons (Fsp3) is 0.429. The lowest BCUT2D eigenvalue weighted by molar-refractivity contribution is -0.137. The Kier molecular flexibility index (Phi) is 5.75. The van der Waals surface area contributed by atoms with E-state index in [9.17, 15) is 22.8 Å². The second-order valence-corrected chi connectivity index (χ2v) is 4.61. The third kappa shape index (κ3) is 4.77. The number of primary amides is 1. The molecule has 0 bridgehead atoms. The third-order valence-corrected chi connectivity index (χ3v) is 2.97. The van der Waals surface area contributed by atoms with E-state index in [2.05, 4.69) is 5.32 Å². The summed E-state index contributed by atoms with van der Waals surface area (Å²) in [6.45, 7) is 1.89. The minimum atomic E-state index is -4.64. The molecule has 0 aliphatic rings. The molecule has 0 aromatic heterocycles. The molecule has 2 amide bonds. The summed E-state index contributed by atoms with van der Waals surface area (Å²) in [6.07, 6.45) is -2.93. The van der Waals surface area contributed by atoms with Crippen molar-refractivity contribution in [3.8, 4) is 0 Å². The maximum Gasteiger partial charge on any atom is 0.417 e. The third-order valence-electron chi connectivity index (χ3n) is 2.97. The van der Waals surface area contributed by atoms with E-state index in [1.165, 1.54) is 12.1 Å². The van der Waals surface area contributed by atoms with Crippen molar-refractivity contribution in [3.05, 3.63) is 35.4 Å². The van der Waals surface area contributed by atoms with Gasteiger partial charge in [-0.05, 0) is 18.6 Å². The van der Waals surface area contributed by atoms with Crippen molar-refractivity contribution in [2.75, 3.05) is 0 Å². The van der Waals surface area contributed by atoms with Crippen LogP contribution < -0.4 is 11.1 Å². The van der Waals surface area contributed by atoms with E-state index in [1.807, 2.05) is 6.92 Å². The van der Waals surface area contributed by atoms with E-state index in [1.54, 1.807) is 0 Å². The van der Waals surface area contributed by atoms with E-state index in [4.69, 9.17) is 5.73 Å². The Hall–Kier alpha value is -2.05. The molecule has 0 aliphatic heterocycles. The number of hydrogen-bond donors (Lipinski definition) is 2. The van der Waals surface area contributed by atoms with Crippen LogP contribution in [-0.2, 0) is 11.0 Å². The van der Waals surface area contributed by atoms with Gasteiger partial charge < -0.3 is 11.1 Å². The predicted octanol–water partition coefficient (Wildman–Crippen LogP) is 2.48. The number of alkyl halides is 3. The van der Waals surface area contributed by atoms with Crippen LogP contribution in [0.3, 0.4) is 0 Å². The Labute approximate surface area is 120 Å². The van der Waals surface area contributed by atoms with E-state index in [0.717, 1.165) is 18.6 Å². The van der Waals surface area contributed by atoms with Crippen molar-refractivity contribution in [1.29, 1.82) is 0 Å². The first kappa shape index (κ1) is 17.0. The fourth-order valence-electron chi connectivity index (χ4n) is 1.86. The lowest BCUT2D eigenvalue weighted by Crippen LogP contribution is -2.44. The molecule has 0 aliphatic carbocycles. The molecule has 1 atom stereocenters. The highest BCUT2D eigenvalue weighted by Crippen LogP contribution is 2.31. The smallest absolute Gasteiger partial charge is 0.368 e. The number of carbonyl (C=O) groups excluding carboxylic acids is 2. The van der Waals surface area contributed by atoms with Gasteiger partial charge in [0.25, 0.3) is 5.91 Å². The van der Waals surface area contributed by atoms with Gasteiger partial charge in [-0.1, -0.05) is 31.9 Å². The SMILES string of the molecule is CCCC[C@@H](NC(=O)c1ccccc1C(F)(F)F)C(N)=O. The first-order chi connectivity index (χ1) is 9.77. The Morgan fingerprint density at radius 3 is 2.43 bits per heavy atom. The maximum absolute atomic E-state index is 12.8. The molecule has 7 heteroatoms. The minimum Gasteiger partial charge on any atom is -0.368 e. The molecule has 1 rings (SSSR count). The van der Waals surface area contributed by atoms with Crippen LogP contribution in [0.4, 0.5) is 13.2 Å². The number of nitrogens with two attached hydrogens (primary N) is 1. The van der Waals surface area contributed by atoms with Gasteiger partial charge in [-0.25, -0.2) is 0 Å². The van der Waals surface area contributed by atoms with Crippen LogP contribution in [-0.4, -0.2) is 17.9 Å². The quantitative estimate of drug-likeness (QED) is 0.847. The van der Waals surface area contributed by atoms with E-state index in [-0.39, 0.29) is 0 Å². The molecule has 0 radical (unpaired) electrons. The van der Waals surface area contributed by atoms with Crippen molar-refractivity contribution < 1.29 is 22.8 Å². The first-order valence-electron chi connectivity index (χ1n) is 6.53. The average Bonchev–Trinajstić information content (AvgIpc) is 2.42. The van der Waals surface area contributed by atoms with Crippen LogP contribution in [0.1, 0.15) is 42.1 Å². The highest BCUT2D eigenvalue weighted by atomic mass is 19.4. The van der Waals surface area contributed by atoms with Gasteiger partial charge in [0.05, 0.1) is 11.1 Å². The van der Waals surface area contributed by atoms with E-state index in [0.29, 0.717) is 12.8 Å². The number of carbonyl (C=O) groups is 2. The van der Waals surface area contributed by atoms with E-state index < -0.39 is 35.2 Å². The number of unbranched alkanes of at least 4 members (excludes halogenated alkanes) is 1. The summed E-state index contributed by atoms with van der Waals surface area (Å²) in [4.78, 5) is 23.2. The Bertz CT molecular complexity index is 515. The molecular weight excluding hydrogens is 285 g/mol. The Morgan fingerprint density at radius 1 is 1.29 bits per heavy atom. The molecule has 1 aromatic rings. The first-order valence-corrected chi connectivity index (χ1v) is 6.53.